The van der Waals surface area contributed by atoms with Crippen molar-refractivity contribution < 1.29 is 4.74 Å². The zero-order valence-corrected chi connectivity index (χ0v) is 21.5. The zero-order valence-electron chi connectivity index (χ0n) is 21.5. The Labute approximate surface area is 226 Å². The highest BCUT2D eigenvalue weighted by molar-refractivity contribution is 5.97. The van der Waals surface area contributed by atoms with E-state index in [0.717, 1.165) is 56.3 Å². The van der Waals surface area contributed by atoms with Crippen molar-refractivity contribution in [3.05, 3.63) is 114 Å². The maximum Gasteiger partial charge on any atom is 0.145 e. The van der Waals surface area contributed by atoms with Gasteiger partial charge in [0, 0.05) is 29.3 Å². The van der Waals surface area contributed by atoms with E-state index in [2.05, 4.69) is 16.7 Å². The van der Waals surface area contributed by atoms with Crippen molar-refractivity contribution in [1.29, 1.82) is 10.5 Å². The van der Waals surface area contributed by atoms with Gasteiger partial charge in [0.05, 0.1) is 47.3 Å². The Hall–Kier alpha value is -5.59. The molecule has 6 aromatic rings. The van der Waals surface area contributed by atoms with Crippen LogP contribution in [-0.2, 0) is 7.05 Å². The van der Waals surface area contributed by atoms with Crippen LogP contribution in [0.15, 0.2) is 103 Å². The van der Waals surface area contributed by atoms with E-state index in [0.29, 0.717) is 11.1 Å². The fourth-order valence-corrected chi connectivity index (χ4v) is 5.19. The van der Waals surface area contributed by atoms with Crippen LogP contribution in [0, 0.1) is 22.7 Å². The van der Waals surface area contributed by atoms with E-state index >= 15 is 0 Å². The van der Waals surface area contributed by atoms with Gasteiger partial charge in [-0.3, -0.25) is 0 Å². The van der Waals surface area contributed by atoms with E-state index < -0.39 is 0 Å². The Morgan fingerprint density at radius 2 is 1.26 bits per heavy atom. The van der Waals surface area contributed by atoms with Gasteiger partial charge in [-0.15, -0.1) is 0 Å². The third-order valence-electron chi connectivity index (χ3n) is 6.98. The summed E-state index contributed by atoms with van der Waals surface area (Å²) in [5.41, 5.74) is 8.73. The van der Waals surface area contributed by atoms with Gasteiger partial charge in [0.2, 0.25) is 0 Å². The van der Waals surface area contributed by atoms with Gasteiger partial charge >= 0.3 is 0 Å². The second kappa shape index (κ2) is 9.70. The summed E-state index contributed by atoms with van der Waals surface area (Å²) < 4.78 is 9.42. The van der Waals surface area contributed by atoms with Crippen LogP contribution >= 0.6 is 0 Å². The van der Waals surface area contributed by atoms with E-state index in [1.165, 1.54) is 0 Å². The van der Waals surface area contributed by atoms with Crippen molar-refractivity contribution in [1.82, 2.24) is 14.2 Å². The molecule has 39 heavy (non-hydrogen) atoms. The van der Waals surface area contributed by atoms with Crippen molar-refractivity contribution in [3.63, 3.8) is 0 Å². The molecule has 0 bridgehead atoms. The highest BCUT2D eigenvalue weighted by Crippen LogP contribution is 2.43. The topological polar surface area (TPSA) is 79.0 Å². The summed E-state index contributed by atoms with van der Waals surface area (Å²) in [5.74, 6) is 0.756. The normalized spacial score (nSPS) is 10.8. The van der Waals surface area contributed by atoms with E-state index in [1.807, 2.05) is 115 Å². The number of hydrogen-bond acceptors (Lipinski definition) is 4. The molecule has 0 fully saturated rings. The standard InChI is InChI=1S/C33H23N5O/c1-37-31(23-16-18-26(39-2)19-17-23)32(28-15-9-7-13-25(28)21-35)38-33(37)29(27-14-8-6-12-24(27)20-34)30(36-38)22-10-4-3-5-11-22/h3-19H,1-2H3. The van der Waals surface area contributed by atoms with Crippen molar-refractivity contribution >= 4 is 5.65 Å². The van der Waals surface area contributed by atoms with Crippen molar-refractivity contribution in [3.8, 4) is 62.8 Å². The van der Waals surface area contributed by atoms with Gasteiger partial charge in [0.1, 0.15) is 17.1 Å². The number of nitriles is 2. The lowest BCUT2D eigenvalue weighted by atomic mass is 9.97. The second-order valence-electron chi connectivity index (χ2n) is 9.12. The van der Waals surface area contributed by atoms with Crippen molar-refractivity contribution in [2.75, 3.05) is 7.11 Å². The third-order valence-corrected chi connectivity index (χ3v) is 6.98. The molecule has 0 aliphatic carbocycles. The average molecular weight is 506 g/mol. The SMILES string of the molecule is COc1ccc(-c2c(-c3ccccc3C#N)n3nc(-c4ccccc4)c(-c4ccccc4C#N)c3n2C)cc1. The summed E-state index contributed by atoms with van der Waals surface area (Å²) in [6.07, 6.45) is 0. The first kappa shape index (κ1) is 23.8. The number of aryl methyl sites for hydroxylation is 1. The van der Waals surface area contributed by atoms with Gasteiger partial charge in [-0.1, -0.05) is 66.7 Å². The number of hydrogen-bond donors (Lipinski definition) is 0. The number of ether oxygens (including phenoxy) is 1. The van der Waals surface area contributed by atoms with Gasteiger partial charge in [-0.05, 0) is 36.4 Å². The molecular weight excluding hydrogens is 482 g/mol. The number of methoxy groups -OCH3 is 1. The molecule has 0 saturated carbocycles. The highest BCUT2D eigenvalue weighted by Gasteiger charge is 2.28. The zero-order chi connectivity index (χ0) is 26.9. The van der Waals surface area contributed by atoms with E-state index in [9.17, 15) is 10.5 Å². The maximum atomic E-state index is 10.0. The fraction of sp³-hybridized carbons (Fsp3) is 0.0606. The summed E-state index contributed by atoms with van der Waals surface area (Å²) >= 11 is 0. The highest BCUT2D eigenvalue weighted by atomic mass is 16.5. The number of fused-ring (bicyclic) bond motifs is 1. The van der Waals surface area contributed by atoms with Crippen LogP contribution < -0.4 is 4.74 Å². The minimum absolute atomic E-state index is 0.551. The first-order chi connectivity index (χ1) is 19.2. The molecule has 0 radical (unpaired) electrons. The molecule has 6 rings (SSSR count). The Bertz CT molecular complexity index is 1920. The maximum absolute atomic E-state index is 10.0. The number of benzene rings is 4. The lowest BCUT2D eigenvalue weighted by molar-refractivity contribution is 0.415. The molecule has 4 aromatic carbocycles. The first-order valence-electron chi connectivity index (χ1n) is 12.5. The Kier molecular flexibility index (Phi) is 5.92. The van der Waals surface area contributed by atoms with Gasteiger partial charge in [0.25, 0.3) is 0 Å². The predicted molar refractivity (Wildman–Crippen MR) is 152 cm³/mol. The molecule has 2 heterocycles. The van der Waals surface area contributed by atoms with E-state index in [4.69, 9.17) is 9.84 Å². The molecule has 2 aromatic heterocycles. The third kappa shape index (κ3) is 3.83. The second-order valence-corrected chi connectivity index (χ2v) is 9.12. The number of imidazole rings is 1. The van der Waals surface area contributed by atoms with Crippen LogP contribution in [0.25, 0.3) is 50.5 Å². The average Bonchev–Trinajstić information content (AvgIpc) is 3.52. The molecule has 0 amide bonds. The molecule has 0 spiro atoms. The Morgan fingerprint density at radius 3 is 1.90 bits per heavy atom. The molecule has 0 N–H and O–H groups in total. The van der Waals surface area contributed by atoms with E-state index in [-0.39, 0.29) is 0 Å². The molecular formula is C33H23N5O. The van der Waals surface area contributed by atoms with Gasteiger partial charge < -0.3 is 9.30 Å². The van der Waals surface area contributed by atoms with Gasteiger partial charge in [-0.25, -0.2) is 4.52 Å². The largest absolute Gasteiger partial charge is 0.497 e. The lowest BCUT2D eigenvalue weighted by Crippen LogP contribution is -1.97. The predicted octanol–water partition coefficient (Wildman–Crippen LogP) is 7.09. The number of rotatable bonds is 5. The summed E-state index contributed by atoms with van der Waals surface area (Å²) in [6.45, 7) is 0. The molecule has 0 saturated heterocycles. The minimum atomic E-state index is 0.551. The van der Waals surface area contributed by atoms with Gasteiger partial charge in [0.15, 0.2) is 0 Å². The smallest absolute Gasteiger partial charge is 0.145 e. The Morgan fingerprint density at radius 1 is 0.667 bits per heavy atom. The molecule has 0 atom stereocenters. The lowest BCUT2D eigenvalue weighted by Gasteiger charge is -2.11. The van der Waals surface area contributed by atoms with Crippen molar-refractivity contribution in [2.45, 2.75) is 0 Å². The molecule has 0 unspecified atom stereocenters. The van der Waals surface area contributed by atoms with Crippen LogP contribution in [-0.4, -0.2) is 21.3 Å². The summed E-state index contributed by atoms with van der Waals surface area (Å²) in [6, 6.07) is 37.7. The molecule has 6 heteroatoms. The summed E-state index contributed by atoms with van der Waals surface area (Å²) in [7, 11) is 3.65. The Balaban J connectivity index is 1.80. The van der Waals surface area contributed by atoms with Crippen LogP contribution in [0.2, 0.25) is 0 Å². The van der Waals surface area contributed by atoms with Crippen LogP contribution in [0.1, 0.15) is 11.1 Å². The molecule has 0 aliphatic rings. The summed E-state index contributed by atoms with van der Waals surface area (Å²) in [5, 5.41) is 25.2. The van der Waals surface area contributed by atoms with Crippen LogP contribution in [0.5, 0.6) is 5.75 Å². The number of aromatic nitrogens is 3. The molecule has 0 aliphatic heterocycles. The molecule has 186 valence electrons. The monoisotopic (exact) mass is 505 g/mol. The van der Waals surface area contributed by atoms with Gasteiger partial charge in [-0.2, -0.15) is 15.6 Å². The quantitative estimate of drug-likeness (QED) is 0.250. The van der Waals surface area contributed by atoms with Crippen LogP contribution in [0.3, 0.4) is 0 Å². The summed E-state index contributed by atoms with van der Waals surface area (Å²) in [4.78, 5) is 0. The van der Waals surface area contributed by atoms with E-state index in [1.54, 1.807) is 7.11 Å². The van der Waals surface area contributed by atoms with Crippen molar-refractivity contribution in [2.24, 2.45) is 7.05 Å². The first-order valence-corrected chi connectivity index (χ1v) is 12.5. The molecule has 6 nitrogen and oxygen atoms in total. The van der Waals surface area contributed by atoms with Crippen LogP contribution in [0.4, 0.5) is 0 Å². The fourth-order valence-electron chi connectivity index (χ4n) is 5.19. The number of nitrogens with zero attached hydrogens (tertiary/aromatic N) is 5. The minimum Gasteiger partial charge on any atom is -0.497 e.